The molecule has 27 heavy (non-hydrogen) atoms. The molecule has 1 saturated heterocycles. The largest absolute Gasteiger partial charge is 0.494 e. The Balaban J connectivity index is 1.90. The second-order valence-electron chi connectivity index (χ2n) is 5.67. The van der Waals surface area contributed by atoms with Gasteiger partial charge in [0.2, 0.25) is 0 Å². The van der Waals surface area contributed by atoms with Gasteiger partial charge in [-0.05, 0) is 74.6 Å². The molecule has 0 bridgehead atoms. The number of anilines is 1. The Labute approximate surface area is 172 Å². The Morgan fingerprint density at radius 3 is 2.48 bits per heavy atom. The number of hydrogen-bond donors (Lipinski definition) is 1. The van der Waals surface area contributed by atoms with E-state index in [0.29, 0.717) is 35.5 Å². The first-order chi connectivity index (χ1) is 13.0. The Morgan fingerprint density at radius 1 is 1.11 bits per heavy atom. The summed E-state index contributed by atoms with van der Waals surface area (Å²) in [6.07, 6.45) is 1.75. The van der Waals surface area contributed by atoms with Crippen molar-refractivity contribution in [2.45, 2.75) is 13.8 Å². The molecule has 2 aromatic carbocycles. The molecule has 0 unspecified atom stereocenters. The molecule has 0 saturated carbocycles. The zero-order chi connectivity index (χ0) is 19.4. The number of rotatable bonds is 6. The molecule has 1 aliphatic rings. The minimum atomic E-state index is -0.216. The number of carbonyl (C=O) groups excluding carboxylic acids is 1. The van der Waals surface area contributed by atoms with Crippen molar-refractivity contribution in [3.63, 3.8) is 0 Å². The number of nitrogens with one attached hydrogen (secondary N) is 1. The van der Waals surface area contributed by atoms with Gasteiger partial charge in [-0.3, -0.25) is 9.69 Å². The standard InChI is InChI=1S/C20H19BrN2O3S/c1-3-25-16-8-6-15(7-9-16)23-19(24)17(22-20(23)27)12-13-11-14(21)5-10-18(13)26-4-2/h5-12H,3-4H2,1-2H3,(H,22,27). The summed E-state index contributed by atoms with van der Waals surface area (Å²) in [6.45, 7) is 4.97. The number of hydrogen-bond acceptors (Lipinski definition) is 4. The highest BCUT2D eigenvalue weighted by molar-refractivity contribution is 9.10. The van der Waals surface area contributed by atoms with Gasteiger partial charge in [0.1, 0.15) is 17.2 Å². The minimum absolute atomic E-state index is 0.216. The monoisotopic (exact) mass is 446 g/mol. The van der Waals surface area contributed by atoms with Crippen LogP contribution in [0.2, 0.25) is 0 Å². The highest BCUT2D eigenvalue weighted by Crippen LogP contribution is 2.28. The van der Waals surface area contributed by atoms with Gasteiger partial charge in [0.25, 0.3) is 5.91 Å². The molecule has 1 amide bonds. The lowest BCUT2D eigenvalue weighted by atomic mass is 10.1. The van der Waals surface area contributed by atoms with E-state index in [2.05, 4.69) is 21.2 Å². The van der Waals surface area contributed by atoms with Crippen LogP contribution in [0.3, 0.4) is 0 Å². The van der Waals surface area contributed by atoms with Crippen LogP contribution in [0.5, 0.6) is 11.5 Å². The molecule has 0 spiro atoms. The molecule has 0 aliphatic carbocycles. The van der Waals surface area contributed by atoms with E-state index in [9.17, 15) is 4.79 Å². The van der Waals surface area contributed by atoms with Crippen molar-refractivity contribution in [3.8, 4) is 11.5 Å². The van der Waals surface area contributed by atoms with E-state index in [-0.39, 0.29) is 5.91 Å². The van der Waals surface area contributed by atoms with Crippen LogP contribution in [0.1, 0.15) is 19.4 Å². The third-order valence-electron chi connectivity index (χ3n) is 3.86. The molecule has 3 rings (SSSR count). The molecule has 2 aromatic rings. The Bertz CT molecular complexity index is 897. The lowest BCUT2D eigenvalue weighted by Crippen LogP contribution is -2.30. The van der Waals surface area contributed by atoms with Crippen LogP contribution in [0.4, 0.5) is 5.69 Å². The SMILES string of the molecule is CCOc1ccc(N2C(=O)C(=Cc3cc(Br)ccc3OCC)NC2=S)cc1. The van der Waals surface area contributed by atoms with Crippen molar-refractivity contribution in [1.29, 1.82) is 0 Å². The normalized spacial score (nSPS) is 15.2. The van der Waals surface area contributed by atoms with Gasteiger partial charge in [0.15, 0.2) is 5.11 Å². The second kappa shape index (κ2) is 8.54. The van der Waals surface area contributed by atoms with Crippen LogP contribution >= 0.6 is 28.1 Å². The van der Waals surface area contributed by atoms with Crippen molar-refractivity contribution in [1.82, 2.24) is 5.32 Å². The van der Waals surface area contributed by atoms with Crippen molar-refractivity contribution >= 4 is 50.9 Å². The van der Waals surface area contributed by atoms with Gasteiger partial charge in [-0.1, -0.05) is 15.9 Å². The van der Waals surface area contributed by atoms with Gasteiger partial charge in [-0.2, -0.15) is 0 Å². The summed E-state index contributed by atoms with van der Waals surface area (Å²) in [4.78, 5) is 14.4. The fourth-order valence-corrected chi connectivity index (χ4v) is 3.38. The average molecular weight is 447 g/mol. The first-order valence-corrected chi connectivity index (χ1v) is 9.76. The summed E-state index contributed by atoms with van der Waals surface area (Å²) in [6, 6.07) is 12.9. The molecular formula is C20H19BrN2O3S. The maximum atomic E-state index is 12.9. The number of amides is 1. The van der Waals surface area contributed by atoms with Crippen LogP contribution in [-0.2, 0) is 4.79 Å². The quantitative estimate of drug-likeness (QED) is 0.522. The fraction of sp³-hybridized carbons (Fsp3) is 0.200. The number of ether oxygens (including phenoxy) is 2. The third kappa shape index (κ3) is 4.31. The van der Waals surface area contributed by atoms with Gasteiger partial charge < -0.3 is 14.8 Å². The summed E-state index contributed by atoms with van der Waals surface area (Å²) in [5.74, 6) is 1.23. The zero-order valence-corrected chi connectivity index (χ0v) is 17.4. The summed E-state index contributed by atoms with van der Waals surface area (Å²) in [7, 11) is 0. The van der Waals surface area contributed by atoms with Crippen molar-refractivity contribution < 1.29 is 14.3 Å². The molecule has 0 radical (unpaired) electrons. The van der Waals surface area contributed by atoms with E-state index < -0.39 is 0 Å². The first kappa shape index (κ1) is 19.4. The van der Waals surface area contributed by atoms with E-state index >= 15 is 0 Å². The molecule has 1 N–H and O–H groups in total. The Hall–Kier alpha value is -2.38. The van der Waals surface area contributed by atoms with Crippen LogP contribution < -0.4 is 19.7 Å². The maximum Gasteiger partial charge on any atom is 0.281 e. The van der Waals surface area contributed by atoms with E-state index in [1.54, 1.807) is 6.08 Å². The first-order valence-electron chi connectivity index (χ1n) is 8.55. The second-order valence-corrected chi connectivity index (χ2v) is 6.97. The van der Waals surface area contributed by atoms with Crippen LogP contribution in [0.15, 0.2) is 52.6 Å². The van der Waals surface area contributed by atoms with Gasteiger partial charge in [-0.15, -0.1) is 0 Å². The van der Waals surface area contributed by atoms with Gasteiger partial charge in [0, 0.05) is 10.0 Å². The molecule has 0 atom stereocenters. The fourth-order valence-electron chi connectivity index (χ4n) is 2.70. The van der Waals surface area contributed by atoms with E-state index in [4.69, 9.17) is 21.7 Å². The number of halogens is 1. The zero-order valence-electron chi connectivity index (χ0n) is 15.0. The minimum Gasteiger partial charge on any atom is -0.494 e. The van der Waals surface area contributed by atoms with Crippen LogP contribution in [-0.4, -0.2) is 24.2 Å². The predicted octanol–water partition coefficient (Wildman–Crippen LogP) is 4.51. The van der Waals surface area contributed by atoms with E-state index in [1.807, 2.05) is 56.3 Å². The molecular weight excluding hydrogens is 428 g/mol. The molecule has 1 fully saturated rings. The van der Waals surface area contributed by atoms with Gasteiger partial charge >= 0.3 is 0 Å². The lowest BCUT2D eigenvalue weighted by molar-refractivity contribution is -0.113. The summed E-state index contributed by atoms with van der Waals surface area (Å²) in [5.41, 5.74) is 1.87. The smallest absolute Gasteiger partial charge is 0.281 e. The Morgan fingerprint density at radius 2 is 1.81 bits per heavy atom. The number of benzene rings is 2. The number of carbonyl (C=O) groups is 1. The molecule has 0 aromatic heterocycles. The van der Waals surface area contributed by atoms with Crippen LogP contribution in [0, 0.1) is 0 Å². The van der Waals surface area contributed by atoms with Crippen molar-refractivity contribution in [2.24, 2.45) is 0 Å². The Kier molecular flexibility index (Phi) is 6.13. The van der Waals surface area contributed by atoms with E-state index in [0.717, 1.165) is 15.8 Å². The lowest BCUT2D eigenvalue weighted by Gasteiger charge is -2.14. The number of nitrogens with zero attached hydrogens (tertiary/aromatic N) is 1. The van der Waals surface area contributed by atoms with Crippen molar-refractivity contribution in [2.75, 3.05) is 18.1 Å². The number of thiocarbonyl (C=S) groups is 1. The molecule has 7 heteroatoms. The highest BCUT2D eigenvalue weighted by atomic mass is 79.9. The highest BCUT2D eigenvalue weighted by Gasteiger charge is 2.32. The third-order valence-corrected chi connectivity index (χ3v) is 4.63. The van der Waals surface area contributed by atoms with Gasteiger partial charge in [0.05, 0.1) is 18.9 Å². The molecule has 140 valence electrons. The summed E-state index contributed by atoms with van der Waals surface area (Å²) < 4.78 is 12.0. The molecule has 5 nitrogen and oxygen atoms in total. The van der Waals surface area contributed by atoms with Crippen molar-refractivity contribution in [3.05, 3.63) is 58.2 Å². The average Bonchev–Trinajstić information content (AvgIpc) is 2.92. The summed E-state index contributed by atoms with van der Waals surface area (Å²) >= 11 is 8.82. The van der Waals surface area contributed by atoms with Crippen LogP contribution in [0.25, 0.3) is 6.08 Å². The maximum absolute atomic E-state index is 12.9. The molecule has 1 aliphatic heterocycles. The topological polar surface area (TPSA) is 50.8 Å². The van der Waals surface area contributed by atoms with E-state index in [1.165, 1.54) is 4.90 Å². The summed E-state index contributed by atoms with van der Waals surface area (Å²) in [5, 5.41) is 3.33. The predicted molar refractivity (Wildman–Crippen MR) is 114 cm³/mol. The molecule has 1 heterocycles. The van der Waals surface area contributed by atoms with Gasteiger partial charge in [-0.25, -0.2) is 0 Å².